The molecule has 0 bridgehead atoms. The fourth-order valence-corrected chi connectivity index (χ4v) is 0.695. The van der Waals surface area contributed by atoms with Crippen LogP contribution in [0, 0.1) is 6.92 Å². The van der Waals surface area contributed by atoms with E-state index < -0.39 is 0 Å². The topological polar surface area (TPSA) is 45.5 Å². The zero-order valence-electron chi connectivity index (χ0n) is 5.65. The molecule has 1 heterocycles. The largest absolute Gasteiger partial charge is 0.411 e. The van der Waals surface area contributed by atoms with Gasteiger partial charge in [0, 0.05) is 17.5 Å². The van der Waals surface area contributed by atoms with Gasteiger partial charge in [-0.15, -0.1) is 0 Å². The molecular formula is C7H8N2O. The van der Waals surface area contributed by atoms with Crippen LogP contribution in [0.25, 0.3) is 0 Å². The van der Waals surface area contributed by atoms with Crippen molar-refractivity contribution in [2.45, 2.75) is 6.92 Å². The van der Waals surface area contributed by atoms with Crippen molar-refractivity contribution in [1.82, 2.24) is 4.98 Å². The van der Waals surface area contributed by atoms with Gasteiger partial charge in [-0.25, -0.2) is 0 Å². The Labute approximate surface area is 59.0 Å². The Morgan fingerprint density at radius 2 is 2.50 bits per heavy atom. The van der Waals surface area contributed by atoms with Gasteiger partial charge < -0.3 is 5.21 Å². The van der Waals surface area contributed by atoms with E-state index in [0.29, 0.717) is 0 Å². The average Bonchev–Trinajstić information content (AvgIpc) is 1.94. The SMILES string of the molecule is Cc1ncccc1/C=N/O. The Kier molecular flexibility index (Phi) is 1.99. The summed E-state index contributed by atoms with van der Waals surface area (Å²) >= 11 is 0. The van der Waals surface area contributed by atoms with Gasteiger partial charge in [0.25, 0.3) is 0 Å². The van der Waals surface area contributed by atoms with Crippen LogP contribution >= 0.6 is 0 Å². The van der Waals surface area contributed by atoms with E-state index >= 15 is 0 Å². The first-order valence-corrected chi connectivity index (χ1v) is 2.93. The Morgan fingerprint density at radius 1 is 1.70 bits per heavy atom. The van der Waals surface area contributed by atoms with Crippen LogP contribution in [0.3, 0.4) is 0 Å². The number of pyridine rings is 1. The first-order valence-electron chi connectivity index (χ1n) is 2.93. The molecule has 0 amide bonds. The summed E-state index contributed by atoms with van der Waals surface area (Å²) in [4.78, 5) is 4.00. The smallest absolute Gasteiger partial charge is 0.0752 e. The van der Waals surface area contributed by atoms with Crippen molar-refractivity contribution in [2.75, 3.05) is 0 Å². The third-order valence-corrected chi connectivity index (χ3v) is 1.24. The number of hydrogen-bond donors (Lipinski definition) is 1. The summed E-state index contributed by atoms with van der Waals surface area (Å²) in [6, 6.07) is 3.63. The Morgan fingerprint density at radius 3 is 3.10 bits per heavy atom. The molecular weight excluding hydrogens is 128 g/mol. The first kappa shape index (κ1) is 6.74. The second kappa shape index (κ2) is 2.96. The van der Waals surface area contributed by atoms with Gasteiger partial charge in [0.2, 0.25) is 0 Å². The second-order valence-corrected chi connectivity index (χ2v) is 1.92. The van der Waals surface area contributed by atoms with Crippen LogP contribution in [0.15, 0.2) is 23.5 Å². The van der Waals surface area contributed by atoms with Crippen LogP contribution < -0.4 is 0 Å². The summed E-state index contributed by atoms with van der Waals surface area (Å²) < 4.78 is 0. The van der Waals surface area contributed by atoms with E-state index in [9.17, 15) is 0 Å². The van der Waals surface area contributed by atoms with Crippen molar-refractivity contribution >= 4 is 6.21 Å². The van der Waals surface area contributed by atoms with E-state index in [4.69, 9.17) is 5.21 Å². The normalized spacial score (nSPS) is 10.5. The van der Waals surface area contributed by atoms with Crippen molar-refractivity contribution in [3.8, 4) is 0 Å². The molecule has 0 aliphatic rings. The van der Waals surface area contributed by atoms with Gasteiger partial charge in [-0.1, -0.05) is 5.16 Å². The lowest BCUT2D eigenvalue weighted by Crippen LogP contribution is -1.88. The first-order chi connectivity index (χ1) is 4.84. The minimum absolute atomic E-state index is 0.838. The molecule has 0 aliphatic carbocycles. The fourth-order valence-electron chi connectivity index (χ4n) is 0.695. The highest BCUT2D eigenvalue weighted by molar-refractivity contribution is 5.80. The van der Waals surface area contributed by atoms with Crippen LogP contribution in [0.1, 0.15) is 11.3 Å². The minimum Gasteiger partial charge on any atom is -0.411 e. The summed E-state index contributed by atoms with van der Waals surface area (Å²) in [5.41, 5.74) is 1.70. The van der Waals surface area contributed by atoms with Crippen LogP contribution in [0.2, 0.25) is 0 Å². The summed E-state index contributed by atoms with van der Waals surface area (Å²) in [5.74, 6) is 0. The molecule has 0 saturated heterocycles. The Bertz CT molecular complexity index is 245. The average molecular weight is 136 g/mol. The summed E-state index contributed by atoms with van der Waals surface area (Å²) in [5, 5.41) is 11.1. The molecule has 10 heavy (non-hydrogen) atoms. The monoisotopic (exact) mass is 136 g/mol. The van der Waals surface area contributed by atoms with E-state index in [1.165, 1.54) is 6.21 Å². The molecule has 0 spiro atoms. The van der Waals surface area contributed by atoms with Crippen molar-refractivity contribution in [3.63, 3.8) is 0 Å². The number of aromatic nitrogens is 1. The lowest BCUT2D eigenvalue weighted by atomic mass is 10.2. The number of rotatable bonds is 1. The molecule has 0 saturated carbocycles. The molecule has 0 aliphatic heterocycles. The van der Waals surface area contributed by atoms with Crippen molar-refractivity contribution < 1.29 is 5.21 Å². The van der Waals surface area contributed by atoms with E-state index in [0.717, 1.165) is 11.3 Å². The standard InChI is InChI=1S/C7H8N2O/c1-6-7(5-9-10)3-2-4-8-6/h2-5,10H,1H3/b9-5+. The van der Waals surface area contributed by atoms with Crippen LogP contribution in [-0.2, 0) is 0 Å². The highest BCUT2D eigenvalue weighted by Gasteiger charge is 1.91. The predicted octanol–water partition coefficient (Wildman–Crippen LogP) is 1.20. The third kappa shape index (κ3) is 1.31. The van der Waals surface area contributed by atoms with Crippen LogP contribution in [-0.4, -0.2) is 16.4 Å². The predicted molar refractivity (Wildman–Crippen MR) is 38.4 cm³/mol. The van der Waals surface area contributed by atoms with Gasteiger partial charge in [-0.05, 0) is 19.1 Å². The van der Waals surface area contributed by atoms with Gasteiger partial charge >= 0.3 is 0 Å². The van der Waals surface area contributed by atoms with Gasteiger partial charge in [0.15, 0.2) is 0 Å². The van der Waals surface area contributed by atoms with Crippen molar-refractivity contribution in [3.05, 3.63) is 29.6 Å². The molecule has 0 aromatic carbocycles. The zero-order valence-corrected chi connectivity index (χ0v) is 5.65. The molecule has 0 radical (unpaired) electrons. The number of nitrogens with zero attached hydrogens (tertiary/aromatic N) is 2. The van der Waals surface area contributed by atoms with Crippen LogP contribution in [0.4, 0.5) is 0 Å². The fraction of sp³-hybridized carbons (Fsp3) is 0.143. The lowest BCUT2D eigenvalue weighted by molar-refractivity contribution is 0.322. The Balaban J connectivity index is 3.03. The van der Waals surface area contributed by atoms with Crippen molar-refractivity contribution in [2.24, 2.45) is 5.16 Å². The van der Waals surface area contributed by atoms with Gasteiger partial charge in [-0.3, -0.25) is 4.98 Å². The second-order valence-electron chi connectivity index (χ2n) is 1.92. The lowest BCUT2D eigenvalue weighted by Gasteiger charge is -1.93. The van der Waals surface area contributed by atoms with Gasteiger partial charge in [0.05, 0.1) is 6.21 Å². The molecule has 1 aromatic heterocycles. The highest BCUT2D eigenvalue weighted by atomic mass is 16.4. The maximum Gasteiger partial charge on any atom is 0.0752 e. The van der Waals surface area contributed by atoms with Crippen molar-refractivity contribution in [1.29, 1.82) is 0 Å². The molecule has 0 atom stereocenters. The van der Waals surface area contributed by atoms with Crippen LogP contribution in [0.5, 0.6) is 0 Å². The quantitative estimate of drug-likeness (QED) is 0.358. The maximum absolute atomic E-state index is 8.19. The minimum atomic E-state index is 0.838. The number of oxime groups is 1. The third-order valence-electron chi connectivity index (χ3n) is 1.24. The molecule has 52 valence electrons. The summed E-state index contributed by atoms with van der Waals surface area (Å²) in [6.45, 7) is 1.86. The molecule has 1 aromatic rings. The molecule has 1 rings (SSSR count). The van der Waals surface area contributed by atoms with Gasteiger partial charge in [0.1, 0.15) is 0 Å². The molecule has 1 N–H and O–H groups in total. The van der Waals surface area contributed by atoms with E-state index in [-0.39, 0.29) is 0 Å². The summed E-state index contributed by atoms with van der Waals surface area (Å²) in [7, 11) is 0. The molecule has 0 fully saturated rings. The maximum atomic E-state index is 8.19. The zero-order chi connectivity index (χ0) is 7.40. The number of aryl methyl sites for hydroxylation is 1. The molecule has 3 nitrogen and oxygen atoms in total. The van der Waals surface area contributed by atoms with E-state index in [2.05, 4.69) is 10.1 Å². The molecule has 0 unspecified atom stereocenters. The Hall–Kier alpha value is -1.38. The highest BCUT2D eigenvalue weighted by Crippen LogP contribution is 1.98. The van der Waals surface area contributed by atoms with E-state index in [1.807, 2.05) is 13.0 Å². The van der Waals surface area contributed by atoms with E-state index in [1.54, 1.807) is 12.3 Å². The molecule has 3 heteroatoms. The van der Waals surface area contributed by atoms with Gasteiger partial charge in [-0.2, -0.15) is 0 Å². The summed E-state index contributed by atoms with van der Waals surface area (Å²) in [6.07, 6.45) is 3.06. The number of hydrogen-bond acceptors (Lipinski definition) is 3.